The normalized spacial score (nSPS) is 6.00. The summed E-state index contributed by atoms with van der Waals surface area (Å²) in [6, 6.07) is 0. The first-order chi connectivity index (χ1) is 2.00. The Morgan fingerprint density at radius 2 is 0.600 bits per heavy atom. The molecule has 0 unspecified atom stereocenters. The highest BCUT2D eigenvalue weighted by molar-refractivity contribution is 7.81. The van der Waals surface area contributed by atoms with Crippen molar-refractivity contribution < 1.29 is 0 Å². The van der Waals surface area contributed by atoms with E-state index in [-0.39, 0.29) is 60.6 Å². The van der Waals surface area contributed by atoms with Crippen LogP contribution in [-0.2, 0) is 0 Å². The van der Waals surface area contributed by atoms with Gasteiger partial charge >= 0.3 is 5.31 Å². The largest absolute Gasteiger partial charge is 0.440 e. The molecule has 0 bridgehead atoms. The summed E-state index contributed by atoms with van der Waals surface area (Å²) in [5.74, 6) is 0. The van der Waals surface area contributed by atoms with Crippen LogP contribution in [0.25, 0.3) is 0 Å². The molecule has 0 aliphatic carbocycles. The van der Waals surface area contributed by atoms with Crippen molar-refractivity contribution in [3.05, 3.63) is 0 Å². The standard InChI is InChI=1S/Cl4Si.4ClH.H4Si/c1-5(2,3)4;;;;;/h;4*1H;1H4. The first kappa shape index (κ1) is 38.6. The third-order valence-electron chi connectivity index (χ3n) is 0. The lowest BCUT2D eigenvalue weighted by Gasteiger charge is -1.85. The van der Waals surface area contributed by atoms with Crippen LogP contribution in [-0.4, -0.2) is 16.3 Å². The molecule has 0 radical (unpaired) electrons. The number of hydrogen-bond donors (Lipinski definition) is 0. The van der Waals surface area contributed by atoms with E-state index < -0.39 is 5.31 Å². The fourth-order valence-electron chi connectivity index (χ4n) is 0. The minimum atomic E-state index is -2.72. The Bertz CT molecular complexity index is 22.7. The first-order valence-electron chi connectivity index (χ1n) is 0.756. The smallest absolute Gasteiger partial charge is 0.147 e. The molecule has 0 nitrogen and oxygen atoms in total. The molecule has 0 fully saturated rings. The fraction of sp³-hybridized carbons (Fsp3) is 0. The monoisotopic (exact) mass is 344 g/mol. The van der Waals surface area contributed by atoms with Crippen LogP contribution in [0, 0.1) is 0 Å². The zero-order valence-electron chi connectivity index (χ0n) is 3.64. The van der Waals surface area contributed by atoms with Crippen LogP contribution in [0.2, 0.25) is 0 Å². The number of halogens is 8. The molecule has 0 N–H and O–H groups in total. The lowest BCUT2D eigenvalue weighted by molar-refractivity contribution is 3.80. The third kappa shape index (κ3) is 135. The summed E-state index contributed by atoms with van der Waals surface area (Å²) in [6.07, 6.45) is 0. The zero-order valence-corrected chi connectivity index (χ0v) is 10.9. The third-order valence-corrected chi connectivity index (χ3v) is 0. The lowest BCUT2D eigenvalue weighted by Crippen LogP contribution is -1.91. The molecule has 0 heterocycles. The van der Waals surface area contributed by atoms with Crippen molar-refractivity contribution in [2.45, 2.75) is 0 Å². The number of rotatable bonds is 0. The van der Waals surface area contributed by atoms with Gasteiger partial charge in [-0.05, 0) is 11.0 Å². The van der Waals surface area contributed by atoms with Crippen LogP contribution in [0.1, 0.15) is 0 Å². The summed E-state index contributed by atoms with van der Waals surface area (Å²) in [5, 5.41) is -2.72. The summed E-state index contributed by atoms with van der Waals surface area (Å²) in [6.45, 7) is 0. The van der Waals surface area contributed by atoms with Gasteiger partial charge in [-0.15, -0.1) is 93.9 Å². The Hall–Kier alpha value is 2.75. The van der Waals surface area contributed by atoms with Crippen LogP contribution in [0.4, 0.5) is 0 Å². The summed E-state index contributed by atoms with van der Waals surface area (Å²) in [4.78, 5) is 0. The summed E-state index contributed by atoms with van der Waals surface area (Å²) in [5.41, 5.74) is 0. The Morgan fingerprint density at radius 1 is 0.600 bits per heavy atom. The highest BCUT2D eigenvalue weighted by atomic mass is 36.0. The van der Waals surface area contributed by atoms with Gasteiger partial charge in [0.15, 0.2) is 0 Å². The molecule has 0 rings (SSSR count). The van der Waals surface area contributed by atoms with Crippen molar-refractivity contribution in [2.24, 2.45) is 0 Å². The maximum absolute atomic E-state index is 4.97. The van der Waals surface area contributed by atoms with Crippen LogP contribution in [0.5, 0.6) is 0 Å². The second-order valence-corrected chi connectivity index (χ2v) is 11.6. The van der Waals surface area contributed by atoms with Gasteiger partial charge in [-0.1, -0.05) is 0 Å². The Kier molecular flexibility index (Phi) is 68.5. The second kappa shape index (κ2) is 17.7. The fourth-order valence-corrected chi connectivity index (χ4v) is 0. The zero-order chi connectivity index (χ0) is 4.50. The highest BCUT2D eigenvalue weighted by Crippen LogP contribution is 2.23. The van der Waals surface area contributed by atoms with E-state index >= 15 is 0 Å². The van der Waals surface area contributed by atoms with Gasteiger partial charge in [0, 0.05) is 0 Å². The van der Waals surface area contributed by atoms with E-state index in [0.29, 0.717) is 0 Å². The van der Waals surface area contributed by atoms with Crippen molar-refractivity contribution in [3.63, 3.8) is 0 Å². The van der Waals surface area contributed by atoms with Gasteiger partial charge in [0.25, 0.3) is 0 Å². The van der Waals surface area contributed by atoms with Crippen LogP contribution in [0.15, 0.2) is 0 Å². The van der Waals surface area contributed by atoms with Crippen LogP contribution in [0.3, 0.4) is 0 Å². The van der Waals surface area contributed by atoms with Gasteiger partial charge in [0.2, 0.25) is 0 Å². The quantitative estimate of drug-likeness (QED) is 0.467. The Balaban J connectivity index is -0.00000000800. The maximum Gasteiger partial charge on any atom is 0.440 e. The molecule has 0 aromatic heterocycles. The van der Waals surface area contributed by atoms with E-state index in [1.54, 1.807) is 0 Å². The molecule has 0 aliphatic heterocycles. The van der Waals surface area contributed by atoms with Crippen molar-refractivity contribution >= 4 is 110 Å². The van der Waals surface area contributed by atoms with Crippen molar-refractivity contribution in [2.75, 3.05) is 0 Å². The molecular formula is H8Cl8Si2. The molecule has 0 saturated heterocycles. The van der Waals surface area contributed by atoms with Crippen molar-refractivity contribution in [1.82, 2.24) is 0 Å². The first-order valence-corrected chi connectivity index (χ1v) is 6.80. The van der Waals surface area contributed by atoms with E-state index in [1.165, 1.54) is 0 Å². The van der Waals surface area contributed by atoms with E-state index in [9.17, 15) is 0 Å². The minimum absolute atomic E-state index is 0. The predicted octanol–water partition coefficient (Wildman–Crippen LogP) is 2.61. The van der Waals surface area contributed by atoms with Gasteiger partial charge in [0.05, 0.1) is 0 Å². The Morgan fingerprint density at radius 3 is 0.600 bits per heavy atom. The van der Waals surface area contributed by atoms with Crippen molar-refractivity contribution in [3.8, 4) is 0 Å². The van der Waals surface area contributed by atoms with Crippen molar-refractivity contribution in [1.29, 1.82) is 0 Å². The molecule has 10 heavy (non-hydrogen) atoms. The highest BCUT2D eigenvalue weighted by Gasteiger charge is 2.19. The van der Waals surface area contributed by atoms with Gasteiger partial charge in [0.1, 0.15) is 0 Å². The molecule has 0 aromatic rings. The molecule has 0 spiro atoms. The van der Waals surface area contributed by atoms with Gasteiger partial charge in [-0.25, -0.2) is 0 Å². The summed E-state index contributed by atoms with van der Waals surface area (Å²) in [7, 11) is 0. The van der Waals surface area contributed by atoms with Gasteiger partial charge in [-0.2, -0.15) is 0 Å². The topological polar surface area (TPSA) is 0 Å². The second-order valence-electron chi connectivity index (χ2n) is 0.429. The molecule has 0 aliphatic rings. The summed E-state index contributed by atoms with van der Waals surface area (Å²) >= 11 is 19.9. The van der Waals surface area contributed by atoms with Crippen LogP contribution < -0.4 is 0 Å². The van der Waals surface area contributed by atoms with Gasteiger partial charge in [-0.3, -0.25) is 0 Å². The Labute approximate surface area is 109 Å². The molecule has 0 saturated carbocycles. The molecule has 0 aromatic carbocycles. The maximum atomic E-state index is 4.97. The summed E-state index contributed by atoms with van der Waals surface area (Å²) < 4.78 is 0. The van der Waals surface area contributed by atoms with E-state index in [2.05, 4.69) is 0 Å². The molecule has 10 heteroatoms. The van der Waals surface area contributed by atoms with Crippen LogP contribution >= 0.6 is 93.9 Å². The van der Waals surface area contributed by atoms with E-state index in [1.807, 2.05) is 0 Å². The average Bonchev–Trinajstić information content (AvgIpc) is 0.722. The lowest BCUT2D eigenvalue weighted by atomic mass is 27.6. The molecule has 0 atom stereocenters. The minimum Gasteiger partial charge on any atom is -0.147 e. The SMILES string of the molecule is Cl.Cl.Cl.Cl.Cl[Si](Cl)(Cl)Cl.[SiH4]. The van der Waals surface area contributed by atoms with E-state index in [4.69, 9.17) is 44.3 Å². The molecule has 0 amide bonds. The van der Waals surface area contributed by atoms with E-state index in [0.717, 1.165) is 0 Å². The molecular weight excluding hydrogens is 340 g/mol. The molecule has 72 valence electrons. The van der Waals surface area contributed by atoms with Gasteiger partial charge < -0.3 is 0 Å². The predicted molar refractivity (Wildman–Crippen MR) is 69.5 cm³/mol. The number of hydrogen-bond acceptors (Lipinski definition) is 0. The average molecular weight is 348 g/mol.